The fourth-order valence-electron chi connectivity index (χ4n) is 6.03. The van der Waals surface area contributed by atoms with Crippen molar-refractivity contribution in [2.24, 2.45) is 9.98 Å². The van der Waals surface area contributed by atoms with E-state index in [4.69, 9.17) is 9.98 Å². The molecule has 6 rings (SSSR count). The van der Waals surface area contributed by atoms with Gasteiger partial charge in [-0.1, -0.05) is 36.4 Å². The number of anilines is 1. The van der Waals surface area contributed by atoms with Crippen molar-refractivity contribution in [1.29, 1.82) is 0 Å². The number of benzene rings is 1. The predicted octanol–water partition coefficient (Wildman–Crippen LogP) is 7.53. The molecule has 1 aromatic carbocycles. The Kier molecular flexibility index (Phi) is 7.43. The van der Waals surface area contributed by atoms with Crippen molar-refractivity contribution < 1.29 is 26.3 Å². The quantitative estimate of drug-likeness (QED) is 0.310. The Morgan fingerprint density at radius 1 is 0.955 bits per heavy atom. The van der Waals surface area contributed by atoms with Gasteiger partial charge in [0.15, 0.2) is 0 Å². The van der Waals surface area contributed by atoms with Crippen LogP contribution < -0.4 is 5.32 Å². The molecule has 0 radical (unpaired) electrons. The summed E-state index contributed by atoms with van der Waals surface area (Å²) >= 11 is 0. The minimum atomic E-state index is -4.60. The highest BCUT2D eigenvalue weighted by Gasteiger charge is 2.42. The molecule has 0 saturated carbocycles. The number of rotatable bonds is 4. The fraction of sp³-hybridized carbons (Fsp3) is 0.312. The van der Waals surface area contributed by atoms with Gasteiger partial charge in [-0.15, -0.1) is 0 Å². The van der Waals surface area contributed by atoms with Crippen LogP contribution in [0.2, 0.25) is 0 Å². The summed E-state index contributed by atoms with van der Waals surface area (Å²) in [7, 11) is 0. The van der Waals surface area contributed by atoms with Crippen molar-refractivity contribution >= 4 is 22.9 Å². The fourth-order valence-corrected chi connectivity index (χ4v) is 6.03. The molecule has 0 saturated heterocycles. The lowest BCUT2D eigenvalue weighted by Gasteiger charge is -2.39. The zero-order chi connectivity index (χ0) is 31.3. The van der Waals surface area contributed by atoms with Crippen molar-refractivity contribution in [2.75, 3.05) is 18.4 Å². The van der Waals surface area contributed by atoms with Crippen LogP contribution in [0.4, 0.5) is 32.0 Å². The molecule has 0 bridgehead atoms. The highest BCUT2D eigenvalue weighted by molar-refractivity contribution is 6.17. The summed E-state index contributed by atoms with van der Waals surface area (Å²) in [6.07, 6.45) is -2.62. The standard InChI is InChI=1S/C32H28F6N6/c1-19-23-7-4-3-6-20(23)13-15-44(19)18-27-42-29(41-22-10-12-26(40-17-22)32(36,37)38)25-11-9-21(16-30(25,2)43-27)28-24(31(33,34)35)8-5-14-39-28/h3-12,14,17,19H,13,15-16,18H2,1-2H3,(H,41,42,43). The molecule has 228 valence electrons. The Hall–Kier alpha value is -4.32. The van der Waals surface area contributed by atoms with Crippen LogP contribution in [0.1, 0.15) is 54.4 Å². The van der Waals surface area contributed by atoms with E-state index < -0.39 is 29.1 Å². The zero-order valence-corrected chi connectivity index (χ0v) is 23.8. The first-order chi connectivity index (χ1) is 20.8. The summed E-state index contributed by atoms with van der Waals surface area (Å²) < 4.78 is 81.0. The van der Waals surface area contributed by atoms with Gasteiger partial charge in [-0.25, -0.2) is 9.98 Å². The number of alkyl halides is 6. The van der Waals surface area contributed by atoms with Crippen LogP contribution >= 0.6 is 0 Å². The predicted molar refractivity (Wildman–Crippen MR) is 156 cm³/mol. The molecule has 0 fully saturated rings. The highest BCUT2D eigenvalue weighted by Crippen LogP contribution is 2.43. The second-order valence-corrected chi connectivity index (χ2v) is 11.3. The smallest absolute Gasteiger partial charge is 0.339 e. The molecule has 0 amide bonds. The molecule has 4 heterocycles. The lowest BCUT2D eigenvalue weighted by Crippen LogP contribution is -2.43. The second kappa shape index (κ2) is 11.0. The van der Waals surface area contributed by atoms with E-state index in [1.165, 1.54) is 29.5 Å². The van der Waals surface area contributed by atoms with Crippen molar-refractivity contribution in [3.63, 3.8) is 0 Å². The molecule has 0 spiro atoms. The summed E-state index contributed by atoms with van der Waals surface area (Å²) in [5, 5.41) is 3.10. The molecule has 44 heavy (non-hydrogen) atoms. The number of pyridine rings is 2. The summed E-state index contributed by atoms with van der Waals surface area (Å²) in [4.78, 5) is 19.6. The van der Waals surface area contributed by atoms with Crippen molar-refractivity contribution in [3.8, 4) is 0 Å². The lowest BCUT2D eigenvalue weighted by molar-refractivity contribution is -0.141. The molecule has 3 aromatic rings. The highest BCUT2D eigenvalue weighted by atomic mass is 19.4. The summed E-state index contributed by atoms with van der Waals surface area (Å²) in [5.41, 5.74) is 0.654. The lowest BCUT2D eigenvalue weighted by atomic mass is 9.78. The summed E-state index contributed by atoms with van der Waals surface area (Å²) in [6.45, 7) is 5.04. The van der Waals surface area contributed by atoms with Gasteiger partial charge < -0.3 is 5.32 Å². The number of aliphatic imine (C=N–C) groups is 2. The van der Waals surface area contributed by atoms with E-state index in [2.05, 4.69) is 39.2 Å². The van der Waals surface area contributed by atoms with Gasteiger partial charge in [-0.3, -0.25) is 14.9 Å². The van der Waals surface area contributed by atoms with E-state index in [1.54, 1.807) is 12.2 Å². The Balaban J connectivity index is 1.37. The molecule has 2 aliphatic heterocycles. The minimum absolute atomic E-state index is 0.0720. The maximum Gasteiger partial charge on any atom is 0.433 e. The van der Waals surface area contributed by atoms with Gasteiger partial charge in [-0.2, -0.15) is 26.3 Å². The molecule has 1 aliphatic carbocycles. The number of allylic oxidation sites excluding steroid dienone is 2. The van der Waals surface area contributed by atoms with Crippen LogP contribution in [0.25, 0.3) is 5.57 Å². The van der Waals surface area contributed by atoms with Crippen LogP contribution in [-0.2, 0) is 18.8 Å². The number of fused-ring (bicyclic) bond motifs is 2. The average molecular weight is 611 g/mol. The van der Waals surface area contributed by atoms with Crippen LogP contribution in [0.15, 0.2) is 88.6 Å². The molecule has 6 nitrogen and oxygen atoms in total. The Labute approximate surface area is 250 Å². The number of nitrogens with zero attached hydrogens (tertiary/aromatic N) is 5. The van der Waals surface area contributed by atoms with Crippen molar-refractivity contribution in [3.05, 3.63) is 107 Å². The van der Waals surface area contributed by atoms with Crippen LogP contribution in [0.3, 0.4) is 0 Å². The Morgan fingerprint density at radius 3 is 2.48 bits per heavy atom. The van der Waals surface area contributed by atoms with E-state index in [0.29, 0.717) is 29.4 Å². The first kappa shape index (κ1) is 29.7. The first-order valence-corrected chi connectivity index (χ1v) is 14.1. The largest absolute Gasteiger partial charge is 0.433 e. The number of aromatic nitrogens is 2. The maximum atomic E-state index is 13.9. The van der Waals surface area contributed by atoms with Crippen LogP contribution in [-0.4, -0.2) is 45.2 Å². The Bertz CT molecular complexity index is 1700. The normalized spacial score (nSPS) is 22.2. The van der Waals surface area contributed by atoms with Crippen molar-refractivity contribution in [2.45, 2.75) is 50.6 Å². The van der Waals surface area contributed by atoms with Gasteiger partial charge >= 0.3 is 12.4 Å². The SMILES string of the molecule is CC1c2ccccc2CCN1CC1=NC2(C)CC(c3ncccc3C(F)(F)F)=CC=C2C(Nc2ccc(C(F)(F)F)nc2)=N1. The van der Waals surface area contributed by atoms with Crippen LogP contribution in [0.5, 0.6) is 0 Å². The molecular weight excluding hydrogens is 582 g/mol. The topological polar surface area (TPSA) is 65.8 Å². The van der Waals surface area contributed by atoms with Gasteiger partial charge in [0.25, 0.3) is 0 Å². The van der Waals surface area contributed by atoms with Gasteiger partial charge in [0, 0.05) is 30.8 Å². The third-order valence-corrected chi connectivity index (χ3v) is 8.24. The molecule has 1 N–H and O–H groups in total. The molecular formula is C32H28F6N6. The third-order valence-electron chi connectivity index (χ3n) is 8.24. The monoisotopic (exact) mass is 610 g/mol. The number of hydrogen-bond donors (Lipinski definition) is 1. The van der Waals surface area contributed by atoms with E-state index in [-0.39, 0.29) is 23.8 Å². The molecule has 3 aliphatic rings. The number of hydrogen-bond acceptors (Lipinski definition) is 6. The average Bonchev–Trinajstić information content (AvgIpc) is 2.97. The summed E-state index contributed by atoms with van der Waals surface area (Å²) in [6, 6.07) is 12.7. The number of halogens is 6. The zero-order valence-electron chi connectivity index (χ0n) is 23.8. The van der Waals surface area contributed by atoms with E-state index in [9.17, 15) is 26.3 Å². The third kappa shape index (κ3) is 5.78. The molecule has 12 heteroatoms. The van der Waals surface area contributed by atoms with Gasteiger partial charge in [0.2, 0.25) is 0 Å². The van der Waals surface area contributed by atoms with E-state index in [0.717, 1.165) is 31.3 Å². The van der Waals surface area contributed by atoms with E-state index in [1.807, 2.05) is 19.1 Å². The van der Waals surface area contributed by atoms with Gasteiger partial charge in [0.1, 0.15) is 17.4 Å². The van der Waals surface area contributed by atoms with Crippen LogP contribution in [0, 0.1) is 0 Å². The maximum absolute atomic E-state index is 13.9. The van der Waals surface area contributed by atoms with Crippen molar-refractivity contribution in [1.82, 2.24) is 14.9 Å². The second-order valence-electron chi connectivity index (χ2n) is 11.3. The first-order valence-electron chi connectivity index (χ1n) is 14.1. The number of nitrogens with one attached hydrogen (secondary N) is 1. The minimum Gasteiger partial charge on any atom is -0.339 e. The number of amidine groups is 2. The molecule has 2 atom stereocenters. The van der Waals surface area contributed by atoms with Gasteiger partial charge in [0.05, 0.1) is 35.2 Å². The van der Waals surface area contributed by atoms with Gasteiger partial charge in [-0.05, 0) is 61.2 Å². The van der Waals surface area contributed by atoms with E-state index >= 15 is 0 Å². The molecule has 2 aromatic heterocycles. The Morgan fingerprint density at radius 2 is 1.75 bits per heavy atom. The molecule has 2 unspecified atom stereocenters. The summed E-state index contributed by atoms with van der Waals surface area (Å²) in [5.74, 6) is 0.799.